The predicted molar refractivity (Wildman–Crippen MR) is 120 cm³/mol. The molecule has 1 aromatic carbocycles. The highest BCUT2D eigenvalue weighted by atomic mass is 19.1. The highest BCUT2D eigenvalue weighted by Gasteiger charge is 2.22. The number of aromatic nitrogens is 2. The van der Waals surface area contributed by atoms with Gasteiger partial charge in [-0.15, -0.1) is 0 Å². The van der Waals surface area contributed by atoms with Crippen molar-refractivity contribution >= 4 is 23.2 Å². The quantitative estimate of drug-likeness (QED) is 0.398. The van der Waals surface area contributed by atoms with Crippen LogP contribution in [-0.4, -0.2) is 36.1 Å². The number of ether oxygens (including phenoxy) is 2. The van der Waals surface area contributed by atoms with Gasteiger partial charge >= 0.3 is 0 Å². The lowest BCUT2D eigenvalue weighted by Crippen LogP contribution is -2.31. The molecule has 0 spiro atoms. The first kappa shape index (κ1) is 22.8. The molecule has 0 fully saturated rings. The van der Waals surface area contributed by atoms with Crippen molar-refractivity contribution < 1.29 is 18.7 Å². The summed E-state index contributed by atoms with van der Waals surface area (Å²) in [6, 6.07) is 12.7. The lowest BCUT2D eigenvalue weighted by atomic mass is 10.0. The Kier molecular flexibility index (Phi) is 7.06. The summed E-state index contributed by atoms with van der Waals surface area (Å²) in [5, 5.41) is 6.00. The fraction of sp³-hybridized carbons (Fsp3) is 0.227. The minimum absolute atomic E-state index is 0.0493. The third kappa shape index (κ3) is 5.22. The normalized spacial score (nSPS) is 12.5. The summed E-state index contributed by atoms with van der Waals surface area (Å²) < 4.78 is 25.2. The van der Waals surface area contributed by atoms with Gasteiger partial charge in [-0.2, -0.15) is 4.98 Å². The van der Waals surface area contributed by atoms with E-state index in [4.69, 9.17) is 20.9 Å². The van der Waals surface area contributed by atoms with E-state index >= 15 is 0 Å². The number of halogens is 1. The number of benzene rings is 1. The van der Waals surface area contributed by atoms with Crippen molar-refractivity contribution in [3.05, 3.63) is 65.5 Å². The van der Waals surface area contributed by atoms with Gasteiger partial charge in [-0.25, -0.2) is 9.37 Å². The molecule has 168 valence electrons. The molecule has 10 heteroatoms. The van der Waals surface area contributed by atoms with E-state index in [0.29, 0.717) is 5.69 Å². The topological polar surface area (TPSA) is 137 Å². The zero-order chi connectivity index (χ0) is 23.3. The number of pyridine rings is 2. The number of carbonyl (C=O) groups is 1. The van der Waals surface area contributed by atoms with Gasteiger partial charge < -0.3 is 31.6 Å². The van der Waals surface area contributed by atoms with Crippen LogP contribution in [0.3, 0.4) is 0 Å². The van der Waals surface area contributed by atoms with Crippen molar-refractivity contribution in [3.63, 3.8) is 0 Å². The van der Waals surface area contributed by atoms with E-state index in [-0.39, 0.29) is 35.0 Å². The number of rotatable bonds is 9. The Morgan fingerprint density at radius 3 is 2.19 bits per heavy atom. The molecular weight excluding hydrogens is 415 g/mol. The number of primary amides is 1. The van der Waals surface area contributed by atoms with Gasteiger partial charge in [0.2, 0.25) is 11.8 Å². The maximum absolute atomic E-state index is 14.9. The van der Waals surface area contributed by atoms with Gasteiger partial charge in [0.15, 0.2) is 11.6 Å². The molecule has 2 heterocycles. The molecule has 0 saturated heterocycles. The maximum Gasteiger partial charge on any atom is 0.252 e. The second kappa shape index (κ2) is 9.92. The van der Waals surface area contributed by atoms with Crippen LogP contribution < -0.4 is 31.6 Å². The first-order chi connectivity index (χ1) is 15.3. The average molecular weight is 440 g/mol. The van der Waals surface area contributed by atoms with Gasteiger partial charge in [-0.1, -0.05) is 30.3 Å². The largest absolute Gasteiger partial charge is 0.481 e. The van der Waals surface area contributed by atoms with E-state index in [0.717, 1.165) is 11.6 Å². The second-order valence-electron chi connectivity index (χ2n) is 7.04. The zero-order valence-electron chi connectivity index (χ0n) is 17.9. The van der Waals surface area contributed by atoms with E-state index in [1.165, 1.54) is 14.2 Å². The first-order valence-electron chi connectivity index (χ1n) is 9.77. The SMILES string of the molecule is COc1cc(Nc2nc(N[C@H](c3ccccc3)[C@H](C)N)c(F)cc2C(N)=O)cc(OC)n1. The molecule has 2 aromatic heterocycles. The minimum Gasteiger partial charge on any atom is -0.481 e. The number of hydrogen-bond acceptors (Lipinski definition) is 8. The number of hydrogen-bond donors (Lipinski definition) is 4. The van der Waals surface area contributed by atoms with Crippen LogP contribution in [0.4, 0.5) is 21.7 Å². The predicted octanol–water partition coefficient (Wildman–Crippen LogP) is 2.98. The van der Waals surface area contributed by atoms with Gasteiger partial charge in [0.1, 0.15) is 5.82 Å². The third-order valence-electron chi connectivity index (χ3n) is 4.68. The molecule has 0 radical (unpaired) electrons. The van der Waals surface area contributed by atoms with Crippen molar-refractivity contribution in [1.29, 1.82) is 0 Å². The number of nitrogens with zero attached hydrogens (tertiary/aromatic N) is 2. The van der Waals surface area contributed by atoms with Gasteiger partial charge in [0, 0.05) is 18.2 Å². The molecule has 3 aromatic rings. The summed E-state index contributed by atoms with van der Waals surface area (Å²) >= 11 is 0. The fourth-order valence-electron chi connectivity index (χ4n) is 3.10. The summed E-state index contributed by atoms with van der Waals surface area (Å²) in [7, 11) is 2.91. The lowest BCUT2D eigenvalue weighted by molar-refractivity contribution is 0.100. The Hall–Kier alpha value is -3.92. The Morgan fingerprint density at radius 2 is 1.66 bits per heavy atom. The van der Waals surface area contributed by atoms with Crippen LogP contribution >= 0.6 is 0 Å². The highest BCUT2D eigenvalue weighted by molar-refractivity contribution is 5.98. The summed E-state index contributed by atoms with van der Waals surface area (Å²) in [6.45, 7) is 1.80. The summed E-state index contributed by atoms with van der Waals surface area (Å²) in [4.78, 5) is 20.3. The van der Waals surface area contributed by atoms with E-state index in [9.17, 15) is 9.18 Å². The Labute approximate surface area is 185 Å². The van der Waals surface area contributed by atoms with Gasteiger partial charge in [-0.3, -0.25) is 4.79 Å². The summed E-state index contributed by atoms with van der Waals surface area (Å²) in [5.74, 6) is -1.08. The number of anilines is 3. The highest BCUT2D eigenvalue weighted by Crippen LogP contribution is 2.29. The Morgan fingerprint density at radius 1 is 1.03 bits per heavy atom. The Balaban J connectivity index is 2.01. The first-order valence-corrected chi connectivity index (χ1v) is 9.77. The van der Waals surface area contributed by atoms with Crippen LogP contribution in [0.2, 0.25) is 0 Å². The van der Waals surface area contributed by atoms with Gasteiger partial charge in [-0.05, 0) is 18.6 Å². The number of carbonyl (C=O) groups excluding carboxylic acids is 1. The number of nitrogens with one attached hydrogen (secondary N) is 2. The van der Waals surface area contributed by atoms with Gasteiger partial charge in [0.25, 0.3) is 5.91 Å². The number of nitrogens with two attached hydrogens (primary N) is 2. The molecule has 9 nitrogen and oxygen atoms in total. The van der Waals surface area contributed by atoms with Crippen molar-refractivity contribution in [2.45, 2.75) is 19.0 Å². The molecule has 3 rings (SSSR count). The van der Waals surface area contributed by atoms with Crippen molar-refractivity contribution in [1.82, 2.24) is 9.97 Å². The van der Waals surface area contributed by atoms with E-state index in [1.54, 1.807) is 19.1 Å². The van der Waals surface area contributed by atoms with Gasteiger partial charge in [0.05, 0.1) is 31.5 Å². The molecule has 0 aliphatic heterocycles. The van der Waals surface area contributed by atoms with Crippen LogP contribution in [0.15, 0.2) is 48.5 Å². The molecule has 0 aliphatic carbocycles. The molecule has 0 saturated carbocycles. The molecule has 1 amide bonds. The molecular formula is C22H25FN6O3. The standard InChI is InChI=1S/C22H25FN6O3/c1-12(24)19(13-7-5-4-6-8-13)28-22-16(23)11-15(20(25)30)21(29-22)26-14-9-17(31-2)27-18(10-14)32-3/h4-12,19H,24H2,1-3H3,(H2,25,30)(H2,26,27,28,29)/t12-,19-/m0/s1. The monoisotopic (exact) mass is 440 g/mol. The van der Waals surface area contributed by atoms with Crippen LogP contribution in [0.5, 0.6) is 11.8 Å². The number of methoxy groups -OCH3 is 2. The molecule has 0 unspecified atom stereocenters. The van der Waals surface area contributed by atoms with Crippen molar-refractivity contribution in [2.24, 2.45) is 11.5 Å². The minimum atomic E-state index is -0.842. The average Bonchev–Trinajstić information content (AvgIpc) is 2.78. The molecule has 0 aliphatic rings. The van der Waals surface area contributed by atoms with E-state index < -0.39 is 17.8 Å². The Bertz CT molecular complexity index is 1070. The molecule has 6 N–H and O–H groups in total. The molecule has 2 atom stereocenters. The van der Waals surface area contributed by atoms with Crippen LogP contribution in [0, 0.1) is 5.82 Å². The fourth-order valence-corrected chi connectivity index (χ4v) is 3.10. The zero-order valence-corrected chi connectivity index (χ0v) is 17.9. The second-order valence-corrected chi connectivity index (χ2v) is 7.04. The van der Waals surface area contributed by atoms with Crippen molar-refractivity contribution in [3.8, 4) is 11.8 Å². The molecule has 32 heavy (non-hydrogen) atoms. The van der Waals surface area contributed by atoms with Crippen LogP contribution in [-0.2, 0) is 0 Å². The summed E-state index contributed by atoms with van der Waals surface area (Å²) in [6.07, 6.45) is 0. The molecule has 0 bridgehead atoms. The van der Waals surface area contributed by atoms with E-state index in [2.05, 4.69) is 20.6 Å². The maximum atomic E-state index is 14.9. The number of amides is 1. The third-order valence-corrected chi connectivity index (χ3v) is 4.68. The van der Waals surface area contributed by atoms with Crippen LogP contribution in [0.1, 0.15) is 28.9 Å². The smallest absolute Gasteiger partial charge is 0.252 e. The van der Waals surface area contributed by atoms with Crippen molar-refractivity contribution in [2.75, 3.05) is 24.9 Å². The van der Waals surface area contributed by atoms with E-state index in [1.807, 2.05) is 30.3 Å². The van der Waals surface area contributed by atoms with Crippen LogP contribution in [0.25, 0.3) is 0 Å². The lowest BCUT2D eigenvalue weighted by Gasteiger charge is -2.24. The summed E-state index contributed by atoms with van der Waals surface area (Å²) in [5.41, 5.74) is 12.8.